The molecule has 0 atom stereocenters. The van der Waals surface area contributed by atoms with E-state index in [0.29, 0.717) is 12.5 Å². The molecule has 116 valence electrons. The fraction of sp³-hybridized carbons (Fsp3) is 0.529. The van der Waals surface area contributed by atoms with E-state index in [0.717, 1.165) is 23.2 Å². The summed E-state index contributed by atoms with van der Waals surface area (Å²) in [6.07, 6.45) is 0.862. The first-order valence-corrected chi connectivity index (χ1v) is 7.51. The topological polar surface area (TPSA) is 58.2 Å². The Morgan fingerprint density at radius 2 is 1.76 bits per heavy atom. The third-order valence-electron chi connectivity index (χ3n) is 3.38. The van der Waals surface area contributed by atoms with Crippen LogP contribution < -0.4 is 10.6 Å². The van der Waals surface area contributed by atoms with Crippen molar-refractivity contribution in [2.45, 2.75) is 47.0 Å². The van der Waals surface area contributed by atoms with Crippen LogP contribution in [0.2, 0.25) is 0 Å². The standard InChI is InChI=1S/C17H26N2O2/c1-11(2)9-10-18-16(20)17(21)19-15-13(5)7-6-8-14(15)12(3)4/h6-8,11-12H,9-10H2,1-5H3,(H,18,20)(H,19,21). The van der Waals surface area contributed by atoms with Crippen molar-refractivity contribution in [3.8, 4) is 0 Å². The average Bonchev–Trinajstić information content (AvgIpc) is 2.40. The molecular weight excluding hydrogens is 264 g/mol. The quantitative estimate of drug-likeness (QED) is 0.818. The lowest BCUT2D eigenvalue weighted by Crippen LogP contribution is -2.36. The van der Waals surface area contributed by atoms with Gasteiger partial charge in [-0.3, -0.25) is 9.59 Å². The predicted octanol–water partition coefficient (Wildman–Crippen LogP) is 3.22. The molecule has 0 aliphatic rings. The van der Waals surface area contributed by atoms with Crippen LogP contribution in [0.1, 0.15) is 51.2 Å². The molecule has 1 aromatic carbocycles. The summed E-state index contributed by atoms with van der Waals surface area (Å²) >= 11 is 0. The maximum atomic E-state index is 12.0. The van der Waals surface area contributed by atoms with E-state index < -0.39 is 11.8 Å². The zero-order chi connectivity index (χ0) is 16.0. The second-order valence-corrected chi connectivity index (χ2v) is 6.09. The Morgan fingerprint density at radius 3 is 2.33 bits per heavy atom. The summed E-state index contributed by atoms with van der Waals surface area (Å²) in [4.78, 5) is 23.8. The molecule has 4 heteroatoms. The predicted molar refractivity (Wildman–Crippen MR) is 86.4 cm³/mol. The number of carbonyl (C=O) groups is 2. The number of hydrogen-bond acceptors (Lipinski definition) is 2. The number of benzene rings is 1. The van der Waals surface area contributed by atoms with E-state index in [4.69, 9.17) is 0 Å². The third-order valence-corrected chi connectivity index (χ3v) is 3.38. The molecule has 4 nitrogen and oxygen atoms in total. The molecule has 0 aliphatic heterocycles. The maximum Gasteiger partial charge on any atom is 0.313 e. The number of aryl methyl sites for hydroxylation is 1. The van der Waals surface area contributed by atoms with Gasteiger partial charge in [0, 0.05) is 12.2 Å². The van der Waals surface area contributed by atoms with E-state index in [1.807, 2.05) is 25.1 Å². The van der Waals surface area contributed by atoms with Gasteiger partial charge in [0.05, 0.1) is 0 Å². The van der Waals surface area contributed by atoms with Gasteiger partial charge in [-0.25, -0.2) is 0 Å². The summed E-state index contributed by atoms with van der Waals surface area (Å²) in [6, 6.07) is 5.87. The van der Waals surface area contributed by atoms with Gasteiger partial charge in [0.1, 0.15) is 0 Å². The van der Waals surface area contributed by atoms with E-state index in [9.17, 15) is 9.59 Å². The molecule has 0 aliphatic carbocycles. The molecule has 0 heterocycles. The third kappa shape index (κ3) is 5.21. The fourth-order valence-electron chi connectivity index (χ4n) is 2.07. The number of nitrogens with one attached hydrogen (secondary N) is 2. The first-order valence-electron chi connectivity index (χ1n) is 7.51. The van der Waals surface area contributed by atoms with Crippen LogP contribution in [-0.4, -0.2) is 18.4 Å². The first-order chi connectivity index (χ1) is 9.82. The average molecular weight is 290 g/mol. The van der Waals surface area contributed by atoms with Crippen molar-refractivity contribution in [3.05, 3.63) is 29.3 Å². The monoisotopic (exact) mass is 290 g/mol. The van der Waals surface area contributed by atoms with Crippen molar-refractivity contribution in [2.75, 3.05) is 11.9 Å². The van der Waals surface area contributed by atoms with Crippen LogP contribution in [0, 0.1) is 12.8 Å². The molecule has 0 bridgehead atoms. The van der Waals surface area contributed by atoms with Crippen LogP contribution in [0.5, 0.6) is 0 Å². The molecule has 1 aromatic rings. The van der Waals surface area contributed by atoms with Crippen LogP contribution in [0.3, 0.4) is 0 Å². The number of para-hydroxylation sites is 1. The lowest BCUT2D eigenvalue weighted by Gasteiger charge is -2.16. The Balaban J connectivity index is 2.73. The van der Waals surface area contributed by atoms with Gasteiger partial charge in [-0.15, -0.1) is 0 Å². The highest BCUT2D eigenvalue weighted by molar-refractivity contribution is 6.39. The van der Waals surface area contributed by atoms with Crippen LogP contribution >= 0.6 is 0 Å². The minimum Gasteiger partial charge on any atom is -0.348 e. The Labute approximate surface area is 127 Å². The Hall–Kier alpha value is -1.84. The van der Waals surface area contributed by atoms with Crippen LogP contribution in [-0.2, 0) is 9.59 Å². The fourth-order valence-corrected chi connectivity index (χ4v) is 2.07. The molecule has 0 unspecified atom stereocenters. The van der Waals surface area contributed by atoms with Crippen molar-refractivity contribution in [2.24, 2.45) is 5.92 Å². The van der Waals surface area contributed by atoms with Gasteiger partial charge in [-0.2, -0.15) is 0 Å². The maximum absolute atomic E-state index is 12.0. The second-order valence-electron chi connectivity index (χ2n) is 6.09. The zero-order valence-corrected chi connectivity index (χ0v) is 13.6. The summed E-state index contributed by atoms with van der Waals surface area (Å²) in [5.74, 6) is -0.398. The van der Waals surface area contributed by atoms with E-state index >= 15 is 0 Å². The van der Waals surface area contributed by atoms with Gasteiger partial charge in [0.25, 0.3) is 0 Å². The summed E-state index contributed by atoms with van der Waals surface area (Å²) in [6.45, 7) is 10.7. The summed E-state index contributed by atoms with van der Waals surface area (Å²) in [5, 5.41) is 5.40. The number of hydrogen-bond donors (Lipinski definition) is 2. The largest absolute Gasteiger partial charge is 0.348 e. The molecule has 0 radical (unpaired) electrons. The summed E-state index contributed by atoms with van der Waals surface area (Å²) in [7, 11) is 0. The molecular formula is C17H26N2O2. The van der Waals surface area contributed by atoms with Crippen molar-refractivity contribution in [3.63, 3.8) is 0 Å². The van der Waals surface area contributed by atoms with Crippen molar-refractivity contribution in [1.82, 2.24) is 5.32 Å². The molecule has 2 amide bonds. The lowest BCUT2D eigenvalue weighted by atomic mass is 9.98. The van der Waals surface area contributed by atoms with Crippen molar-refractivity contribution < 1.29 is 9.59 Å². The van der Waals surface area contributed by atoms with Gasteiger partial charge in [-0.05, 0) is 36.3 Å². The molecule has 0 spiro atoms. The Morgan fingerprint density at radius 1 is 1.10 bits per heavy atom. The smallest absolute Gasteiger partial charge is 0.313 e. The van der Waals surface area contributed by atoms with Crippen molar-refractivity contribution >= 4 is 17.5 Å². The Kier molecular flexibility index (Phi) is 6.40. The van der Waals surface area contributed by atoms with Gasteiger partial charge in [0.2, 0.25) is 0 Å². The normalized spacial score (nSPS) is 10.8. The van der Waals surface area contributed by atoms with E-state index in [2.05, 4.69) is 38.3 Å². The van der Waals surface area contributed by atoms with Gasteiger partial charge in [-0.1, -0.05) is 45.9 Å². The van der Waals surface area contributed by atoms with Crippen LogP contribution in [0.4, 0.5) is 5.69 Å². The lowest BCUT2D eigenvalue weighted by molar-refractivity contribution is -0.136. The first kappa shape index (κ1) is 17.2. The molecule has 0 saturated heterocycles. The molecule has 0 saturated carbocycles. The summed E-state index contributed by atoms with van der Waals surface area (Å²) < 4.78 is 0. The molecule has 1 rings (SSSR count). The van der Waals surface area contributed by atoms with E-state index in [1.165, 1.54) is 0 Å². The number of anilines is 1. The highest BCUT2D eigenvalue weighted by Crippen LogP contribution is 2.27. The van der Waals surface area contributed by atoms with Gasteiger partial charge >= 0.3 is 11.8 Å². The highest BCUT2D eigenvalue weighted by atomic mass is 16.2. The minimum absolute atomic E-state index is 0.282. The van der Waals surface area contributed by atoms with Crippen LogP contribution in [0.25, 0.3) is 0 Å². The number of amides is 2. The van der Waals surface area contributed by atoms with E-state index in [-0.39, 0.29) is 5.92 Å². The number of rotatable bonds is 5. The SMILES string of the molecule is Cc1cccc(C(C)C)c1NC(=O)C(=O)NCCC(C)C. The van der Waals surface area contributed by atoms with Crippen LogP contribution in [0.15, 0.2) is 18.2 Å². The molecule has 21 heavy (non-hydrogen) atoms. The van der Waals surface area contributed by atoms with Crippen molar-refractivity contribution in [1.29, 1.82) is 0 Å². The summed E-state index contributed by atoms with van der Waals surface area (Å²) in [5.41, 5.74) is 2.75. The molecule has 0 aromatic heterocycles. The highest BCUT2D eigenvalue weighted by Gasteiger charge is 2.17. The Bertz CT molecular complexity index is 508. The number of carbonyl (C=O) groups excluding carboxylic acids is 2. The minimum atomic E-state index is -0.602. The van der Waals surface area contributed by atoms with E-state index in [1.54, 1.807) is 0 Å². The van der Waals surface area contributed by atoms with Gasteiger partial charge < -0.3 is 10.6 Å². The molecule has 2 N–H and O–H groups in total. The zero-order valence-electron chi connectivity index (χ0n) is 13.6. The molecule has 0 fully saturated rings. The second kappa shape index (κ2) is 7.81. The van der Waals surface area contributed by atoms with Gasteiger partial charge in [0.15, 0.2) is 0 Å².